The maximum Gasteiger partial charge on any atom is 0.182 e. The van der Waals surface area contributed by atoms with Crippen molar-refractivity contribution in [2.75, 3.05) is 18.4 Å². The summed E-state index contributed by atoms with van der Waals surface area (Å²) >= 11 is 0. The van der Waals surface area contributed by atoms with E-state index in [4.69, 9.17) is 0 Å². The maximum absolute atomic E-state index is 4.55. The summed E-state index contributed by atoms with van der Waals surface area (Å²) in [6, 6.07) is 2.45. The lowest BCUT2D eigenvalue weighted by molar-refractivity contribution is 0.478. The summed E-state index contributed by atoms with van der Waals surface area (Å²) in [5, 5.41) is 6.85. The Labute approximate surface area is 118 Å². The van der Waals surface area contributed by atoms with Crippen LogP contribution in [-0.2, 0) is 0 Å². The molecule has 0 unspecified atom stereocenters. The van der Waals surface area contributed by atoms with Crippen LogP contribution in [0.4, 0.5) is 5.82 Å². The number of nitrogens with one attached hydrogen (secondary N) is 2. The van der Waals surface area contributed by atoms with Crippen LogP contribution in [-0.4, -0.2) is 39.1 Å². The van der Waals surface area contributed by atoms with Crippen molar-refractivity contribution >= 4 is 5.82 Å². The summed E-state index contributed by atoms with van der Waals surface area (Å²) in [6.07, 6.45) is 7.21. The van der Waals surface area contributed by atoms with Crippen molar-refractivity contribution in [1.29, 1.82) is 0 Å². The fourth-order valence-corrected chi connectivity index (χ4v) is 2.35. The molecule has 104 valence electrons. The van der Waals surface area contributed by atoms with Crippen molar-refractivity contribution in [3.63, 3.8) is 0 Å². The Morgan fingerprint density at radius 2 is 2.05 bits per heavy atom. The van der Waals surface area contributed by atoms with Gasteiger partial charge < -0.3 is 10.6 Å². The molecule has 1 fully saturated rings. The van der Waals surface area contributed by atoms with E-state index in [1.807, 2.05) is 13.0 Å². The van der Waals surface area contributed by atoms with Crippen molar-refractivity contribution in [2.45, 2.75) is 25.8 Å². The lowest BCUT2D eigenvalue weighted by Crippen LogP contribution is -2.35. The minimum Gasteiger partial charge on any atom is -0.367 e. The standard InChI is InChI=1S/C14H18N6/c1-10-8-13(19-11-2-4-15-5-3-11)20-14(18-10)12-9-16-6-7-17-12/h6-9,11,15H,2-5H2,1H3,(H,18,19,20). The molecule has 0 bridgehead atoms. The first kappa shape index (κ1) is 12.9. The van der Waals surface area contributed by atoms with Crippen LogP contribution in [0.1, 0.15) is 18.5 Å². The van der Waals surface area contributed by atoms with Crippen LogP contribution in [0.25, 0.3) is 11.5 Å². The Morgan fingerprint density at radius 1 is 1.20 bits per heavy atom. The van der Waals surface area contributed by atoms with Crippen molar-refractivity contribution in [1.82, 2.24) is 25.3 Å². The first-order valence-corrected chi connectivity index (χ1v) is 6.90. The molecule has 0 amide bonds. The number of nitrogens with zero attached hydrogens (tertiary/aromatic N) is 4. The van der Waals surface area contributed by atoms with Gasteiger partial charge in [-0.25, -0.2) is 15.0 Å². The van der Waals surface area contributed by atoms with Gasteiger partial charge in [0.1, 0.15) is 11.5 Å². The number of rotatable bonds is 3. The summed E-state index contributed by atoms with van der Waals surface area (Å²) in [4.78, 5) is 17.3. The van der Waals surface area contributed by atoms with Gasteiger partial charge in [-0.15, -0.1) is 0 Å². The predicted octanol–water partition coefficient (Wildman–Crippen LogP) is 1.41. The molecule has 0 aromatic carbocycles. The van der Waals surface area contributed by atoms with Gasteiger partial charge in [0.2, 0.25) is 0 Å². The van der Waals surface area contributed by atoms with Crippen LogP contribution in [0.3, 0.4) is 0 Å². The van der Waals surface area contributed by atoms with Gasteiger partial charge >= 0.3 is 0 Å². The molecule has 20 heavy (non-hydrogen) atoms. The average Bonchev–Trinajstić information content (AvgIpc) is 2.49. The first-order valence-electron chi connectivity index (χ1n) is 6.90. The van der Waals surface area contributed by atoms with Gasteiger partial charge in [0.05, 0.1) is 6.20 Å². The normalized spacial score (nSPS) is 16.1. The molecule has 0 atom stereocenters. The van der Waals surface area contributed by atoms with Crippen molar-refractivity contribution in [3.05, 3.63) is 30.4 Å². The van der Waals surface area contributed by atoms with E-state index in [0.29, 0.717) is 17.6 Å². The van der Waals surface area contributed by atoms with E-state index in [0.717, 1.165) is 37.4 Å². The molecule has 6 nitrogen and oxygen atoms in total. The topological polar surface area (TPSA) is 75.6 Å². The summed E-state index contributed by atoms with van der Waals surface area (Å²) < 4.78 is 0. The molecule has 0 radical (unpaired) electrons. The molecule has 2 N–H and O–H groups in total. The lowest BCUT2D eigenvalue weighted by Gasteiger charge is -2.24. The highest BCUT2D eigenvalue weighted by atomic mass is 15.1. The Morgan fingerprint density at radius 3 is 2.80 bits per heavy atom. The molecule has 1 saturated heterocycles. The largest absolute Gasteiger partial charge is 0.367 e. The van der Waals surface area contributed by atoms with Crippen molar-refractivity contribution in [3.8, 4) is 11.5 Å². The minimum absolute atomic E-state index is 0.472. The molecule has 1 aliphatic heterocycles. The summed E-state index contributed by atoms with van der Waals surface area (Å²) in [5.74, 6) is 1.49. The van der Waals surface area contributed by atoms with Crippen LogP contribution < -0.4 is 10.6 Å². The van der Waals surface area contributed by atoms with Gasteiger partial charge in [-0.05, 0) is 32.9 Å². The third-order valence-corrected chi connectivity index (χ3v) is 3.34. The van der Waals surface area contributed by atoms with E-state index in [-0.39, 0.29) is 0 Å². The second kappa shape index (κ2) is 5.92. The van der Waals surface area contributed by atoms with Gasteiger partial charge in [-0.1, -0.05) is 0 Å². The molecule has 2 aromatic rings. The van der Waals surface area contributed by atoms with Crippen LogP contribution in [0.2, 0.25) is 0 Å². The van der Waals surface area contributed by atoms with E-state index in [9.17, 15) is 0 Å². The quantitative estimate of drug-likeness (QED) is 0.878. The Balaban J connectivity index is 1.83. The SMILES string of the molecule is Cc1cc(NC2CCNCC2)nc(-c2cnccn2)n1. The second-order valence-electron chi connectivity index (χ2n) is 4.98. The van der Waals surface area contributed by atoms with E-state index >= 15 is 0 Å². The molecule has 6 heteroatoms. The highest BCUT2D eigenvalue weighted by Crippen LogP contribution is 2.17. The molecule has 2 aromatic heterocycles. The molecule has 0 saturated carbocycles. The Hall–Kier alpha value is -2.08. The van der Waals surface area contributed by atoms with Gasteiger partial charge in [0.15, 0.2) is 5.82 Å². The highest BCUT2D eigenvalue weighted by molar-refractivity contribution is 5.52. The molecule has 0 spiro atoms. The van der Waals surface area contributed by atoms with Gasteiger partial charge in [-0.2, -0.15) is 0 Å². The molecule has 3 heterocycles. The van der Waals surface area contributed by atoms with Crippen molar-refractivity contribution in [2.24, 2.45) is 0 Å². The Kier molecular flexibility index (Phi) is 3.83. The minimum atomic E-state index is 0.472. The summed E-state index contributed by atoms with van der Waals surface area (Å²) in [7, 11) is 0. The third-order valence-electron chi connectivity index (χ3n) is 3.34. The van der Waals surface area contributed by atoms with Crippen LogP contribution in [0, 0.1) is 6.92 Å². The predicted molar refractivity (Wildman–Crippen MR) is 77.3 cm³/mol. The first-order chi connectivity index (χ1) is 9.81. The van der Waals surface area contributed by atoms with Crippen LogP contribution in [0.15, 0.2) is 24.7 Å². The van der Waals surface area contributed by atoms with E-state index in [1.165, 1.54) is 0 Å². The van der Waals surface area contributed by atoms with E-state index in [2.05, 4.69) is 30.6 Å². The molecule has 1 aliphatic rings. The second-order valence-corrected chi connectivity index (χ2v) is 4.98. The van der Waals surface area contributed by atoms with E-state index in [1.54, 1.807) is 18.6 Å². The molecular weight excluding hydrogens is 252 g/mol. The molecule has 0 aliphatic carbocycles. The number of anilines is 1. The number of piperidine rings is 1. The highest BCUT2D eigenvalue weighted by Gasteiger charge is 2.14. The maximum atomic E-state index is 4.55. The zero-order valence-corrected chi connectivity index (χ0v) is 11.5. The number of hydrogen-bond acceptors (Lipinski definition) is 6. The fraction of sp³-hybridized carbons (Fsp3) is 0.429. The smallest absolute Gasteiger partial charge is 0.182 e. The van der Waals surface area contributed by atoms with Crippen LogP contribution >= 0.6 is 0 Å². The summed E-state index contributed by atoms with van der Waals surface area (Å²) in [6.45, 7) is 4.08. The molecule has 3 rings (SSSR count). The van der Waals surface area contributed by atoms with Gasteiger partial charge in [-0.3, -0.25) is 4.98 Å². The zero-order valence-electron chi connectivity index (χ0n) is 11.5. The zero-order chi connectivity index (χ0) is 13.8. The Bertz CT molecular complexity index is 565. The van der Waals surface area contributed by atoms with Crippen LogP contribution in [0.5, 0.6) is 0 Å². The third kappa shape index (κ3) is 3.08. The lowest BCUT2D eigenvalue weighted by atomic mass is 10.1. The number of aryl methyl sites for hydroxylation is 1. The summed E-state index contributed by atoms with van der Waals surface area (Å²) in [5.41, 5.74) is 1.63. The van der Waals surface area contributed by atoms with Crippen molar-refractivity contribution < 1.29 is 0 Å². The number of aromatic nitrogens is 4. The fourth-order valence-electron chi connectivity index (χ4n) is 2.35. The van der Waals surface area contributed by atoms with E-state index < -0.39 is 0 Å². The van der Waals surface area contributed by atoms with Gasteiger partial charge in [0, 0.05) is 30.2 Å². The average molecular weight is 270 g/mol. The molecular formula is C14H18N6. The number of hydrogen-bond donors (Lipinski definition) is 2. The monoisotopic (exact) mass is 270 g/mol. The van der Waals surface area contributed by atoms with Gasteiger partial charge in [0.25, 0.3) is 0 Å².